The Morgan fingerprint density at radius 3 is 2.24 bits per heavy atom. The lowest BCUT2D eigenvalue weighted by atomic mass is 10.1. The maximum absolute atomic E-state index is 5.35. The molecule has 0 fully saturated rings. The molecule has 2 aromatic rings. The van der Waals surface area contributed by atoms with Crippen LogP contribution >= 0.6 is 12.2 Å². The van der Waals surface area contributed by atoms with Gasteiger partial charge in [-0.25, -0.2) is 0 Å². The summed E-state index contributed by atoms with van der Waals surface area (Å²) in [4.78, 5) is 0. The van der Waals surface area contributed by atoms with Crippen LogP contribution < -0.4 is 15.4 Å². The predicted octanol–water partition coefficient (Wildman–Crippen LogP) is 4.05. The van der Waals surface area contributed by atoms with Gasteiger partial charge in [-0.3, -0.25) is 0 Å². The van der Waals surface area contributed by atoms with Gasteiger partial charge >= 0.3 is 0 Å². The van der Waals surface area contributed by atoms with Crippen LogP contribution in [0.15, 0.2) is 48.5 Å². The molecule has 0 unspecified atom stereocenters. The Morgan fingerprint density at radius 2 is 1.67 bits per heavy atom. The lowest BCUT2D eigenvalue weighted by molar-refractivity contribution is 0.414. The first-order valence-corrected chi connectivity index (χ1v) is 7.27. The average Bonchev–Trinajstić information content (AvgIpc) is 2.49. The van der Waals surface area contributed by atoms with Gasteiger partial charge < -0.3 is 15.4 Å². The average molecular weight is 300 g/mol. The fourth-order valence-corrected chi connectivity index (χ4v) is 2.27. The number of hydrogen-bond acceptors (Lipinski definition) is 2. The van der Waals surface area contributed by atoms with Crippen LogP contribution in [0.1, 0.15) is 24.1 Å². The van der Waals surface area contributed by atoms with Crippen LogP contribution in [-0.4, -0.2) is 12.2 Å². The first-order chi connectivity index (χ1) is 10.1. The van der Waals surface area contributed by atoms with E-state index in [9.17, 15) is 0 Å². The Kier molecular flexibility index (Phi) is 5.17. The topological polar surface area (TPSA) is 33.3 Å². The maximum Gasteiger partial charge on any atom is 0.171 e. The zero-order valence-corrected chi connectivity index (χ0v) is 13.3. The van der Waals surface area contributed by atoms with E-state index < -0.39 is 0 Å². The van der Waals surface area contributed by atoms with E-state index in [0.29, 0.717) is 5.11 Å². The smallest absolute Gasteiger partial charge is 0.171 e. The summed E-state index contributed by atoms with van der Waals surface area (Å²) in [6, 6.07) is 16.2. The molecule has 2 N–H and O–H groups in total. The van der Waals surface area contributed by atoms with E-state index >= 15 is 0 Å². The number of ether oxygens (including phenoxy) is 1. The fourth-order valence-electron chi connectivity index (χ4n) is 1.98. The molecule has 110 valence electrons. The standard InChI is InChI=1S/C17H20N2OS/c1-12-4-8-15(9-5-12)19-17(21)18-13(2)14-6-10-16(20-3)11-7-14/h4-11,13H,1-3H3,(H2,18,19,21)/t13-/m0/s1. The van der Waals surface area contributed by atoms with Crippen molar-refractivity contribution in [3.63, 3.8) is 0 Å². The van der Waals surface area contributed by atoms with Crippen LogP contribution in [0, 0.1) is 6.92 Å². The van der Waals surface area contributed by atoms with Crippen molar-refractivity contribution in [2.75, 3.05) is 12.4 Å². The van der Waals surface area contributed by atoms with Gasteiger partial charge in [-0.1, -0.05) is 29.8 Å². The number of methoxy groups -OCH3 is 1. The van der Waals surface area contributed by atoms with Crippen LogP contribution in [0.4, 0.5) is 5.69 Å². The molecule has 0 aliphatic heterocycles. The first-order valence-electron chi connectivity index (χ1n) is 6.86. The maximum atomic E-state index is 5.35. The van der Waals surface area contributed by atoms with Gasteiger partial charge in [-0.05, 0) is 55.9 Å². The molecule has 0 saturated heterocycles. The van der Waals surface area contributed by atoms with Gasteiger partial charge in [0.2, 0.25) is 0 Å². The van der Waals surface area contributed by atoms with Crippen molar-refractivity contribution in [1.29, 1.82) is 0 Å². The van der Waals surface area contributed by atoms with Crippen molar-refractivity contribution >= 4 is 23.0 Å². The Hall–Kier alpha value is -2.07. The highest BCUT2D eigenvalue weighted by atomic mass is 32.1. The van der Waals surface area contributed by atoms with Crippen molar-refractivity contribution in [2.24, 2.45) is 0 Å². The lowest BCUT2D eigenvalue weighted by Gasteiger charge is -2.17. The highest BCUT2D eigenvalue weighted by Crippen LogP contribution is 2.17. The molecule has 2 rings (SSSR count). The van der Waals surface area contributed by atoms with E-state index in [1.54, 1.807) is 7.11 Å². The van der Waals surface area contributed by atoms with E-state index in [4.69, 9.17) is 17.0 Å². The van der Waals surface area contributed by atoms with Crippen LogP contribution in [0.3, 0.4) is 0 Å². The van der Waals surface area contributed by atoms with Crippen LogP contribution in [0.5, 0.6) is 5.75 Å². The third kappa shape index (κ3) is 4.46. The molecule has 0 bridgehead atoms. The molecule has 0 spiro atoms. The van der Waals surface area contributed by atoms with Crippen molar-refractivity contribution in [2.45, 2.75) is 19.9 Å². The number of rotatable bonds is 4. The molecule has 1 atom stereocenters. The van der Waals surface area contributed by atoms with Crippen LogP contribution in [0.25, 0.3) is 0 Å². The number of aryl methyl sites for hydroxylation is 1. The molecule has 3 nitrogen and oxygen atoms in total. The van der Waals surface area contributed by atoms with Crippen LogP contribution in [0.2, 0.25) is 0 Å². The van der Waals surface area contributed by atoms with Gasteiger partial charge in [0.25, 0.3) is 0 Å². The van der Waals surface area contributed by atoms with Gasteiger partial charge in [-0.2, -0.15) is 0 Å². The highest BCUT2D eigenvalue weighted by molar-refractivity contribution is 7.80. The molecule has 2 aromatic carbocycles. The number of nitrogens with one attached hydrogen (secondary N) is 2. The monoisotopic (exact) mass is 300 g/mol. The molecule has 0 aromatic heterocycles. The molecule has 0 aliphatic carbocycles. The molecular weight excluding hydrogens is 280 g/mol. The van der Waals surface area contributed by atoms with E-state index in [0.717, 1.165) is 17.0 Å². The predicted molar refractivity (Wildman–Crippen MR) is 91.9 cm³/mol. The Balaban J connectivity index is 1.93. The van der Waals surface area contributed by atoms with Gasteiger partial charge in [0.15, 0.2) is 5.11 Å². The number of hydrogen-bond donors (Lipinski definition) is 2. The fraction of sp³-hybridized carbons (Fsp3) is 0.235. The van der Waals surface area contributed by atoms with E-state index in [2.05, 4.69) is 36.6 Å². The molecule has 0 aliphatic rings. The molecule has 0 saturated carbocycles. The van der Waals surface area contributed by atoms with Gasteiger partial charge in [0.05, 0.1) is 13.2 Å². The highest BCUT2D eigenvalue weighted by Gasteiger charge is 2.07. The third-order valence-electron chi connectivity index (χ3n) is 3.27. The van der Waals surface area contributed by atoms with E-state index in [1.165, 1.54) is 5.56 Å². The second-order valence-corrected chi connectivity index (χ2v) is 5.37. The SMILES string of the molecule is COc1ccc([C@H](C)NC(=S)Nc2ccc(C)cc2)cc1. The minimum atomic E-state index is 0.126. The van der Waals surface area contributed by atoms with E-state index in [1.807, 2.05) is 36.4 Å². The van der Waals surface area contributed by atoms with Gasteiger partial charge in [0, 0.05) is 5.69 Å². The Labute approximate surface area is 131 Å². The Morgan fingerprint density at radius 1 is 1.05 bits per heavy atom. The van der Waals surface area contributed by atoms with E-state index in [-0.39, 0.29) is 6.04 Å². The first kappa shape index (κ1) is 15.3. The summed E-state index contributed by atoms with van der Waals surface area (Å²) in [7, 11) is 1.66. The van der Waals surface area contributed by atoms with Crippen LogP contribution in [-0.2, 0) is 0 Å². The second-order valence-electron chi connectivity index (χ2n) is 4.96. The van der Waals surface area contributed by atoms with Gasteiger partial charge in [0.1, 0.15) is 5.75 Å². The summed E-state index contributed by atoms with van der Waals surface area (Å²) >= 11 is 5.35. The minimum absolute atomic E-state index is 0.126. The molecule has 0 heterocycles. The normalized spacial score (nSPS) is 11.6. The minimum Gasteiger partial charge on any atom is -0.497 e. The summed E-state index contributed by atoms with van der Waals surface area (Å²) in [5.41, 5.74) is 3.37. The number of benzene rings is 2. The quantitative estimate of drug-likeness (QED) is 0.835. The van der Waals surface area contributed by atoms with Crippen molar-refractivity contribution < 1.29 is 4.74 Å². The molecule has 0 radical (unpaired) electrons. The summed E-state index contributed by atoms with van der Waals surface area (Å²) in [6.07, 6.45) is 0. The lowest BCUT2D eigenvalue weighted by Crippen LogP contribution is -2.30. The van der Waals surface area contributed by atoms with Gasteiger partial charge in [-0.15, -0.1) is 0 Å². The third-order valence-corrected chi connectivity index (χ3v) is 3.49. The summed E-state index contributed by atoms with van der Waals surface area (Å²) in [6.45, 7) is 4.14. The summed E-state index contributed by atoms with van der Waals surface area (Å²) < 4.78 is 5.16. The Bertz CT molecular complexity index is 593. The zero-order chi connectivity index (χ0) is 15.2. The zero-order valence-electron chi connectivity index (χ0n) is 12.5. The van der Waals surface area contributed by atoms with Crippen molar-refractivity contribution in [3.05, 3.63) is 59.7 Å². The summed E-state index contributed by atoms with van der Waals surface area (Å²) in [5, 5.41) is 7.08. The second kappa shape index (κ2) is 7.09. The van der Waals surface area contributed by atoms with Crippen molar-refractivity contribution in [1.82, 2.24) is 5.32 Å². The molecule has 21 heavy (non-hydrogen) atoms. The summed E-state index contributed by atoms with van der Waals surface area (Å²) in [5.74, 6) is 0.853. The molecule has 4 heteroatoms. The van der Waals surface area contributed by atoms with Crippen molar-refractivity contribution in [3.8, 4) is 5.75 Å². The molecular formula is C17H20N2OS. The number of anilines is 1. The number of thiocarbonyl (C=S) groups is 1. The largest absolute Gasteiger partial charge is 0.497 e. The molecule has 0 amide bonds.